The van der Waals surface area contributed by atoms with Crippen molar-refractivity contribution in [1.29, 1.82) is 0 Å². The highest BCUT2D eigenvalue weighted by atomic mass is 35.5. The summed E-state index contributed by atoms with van der Waals surface area (Å²) in [5.41, 5.74) is 4.62. The van der Waals surface area contributed by atoms with Crippen LogP contribution < -0.4 is 5.32 Å². The van der Waals surface area contributed by atoms with E-state index in [1.165, 1.54) is 11.1 Å². The number of halogens is 1. The number of para-hydroxylation sites is 1. The van der Waals surface area contributed by atoms with Crippen molar-refractivity contribution in [2.45, 2.75) is 6.04 Å². The first-order valence-corrected chi connectivity index (χ1v) is 9.03. The van der Waals surface area contributed by atoms with E-state index in [0.717, 1.165) is 17.3 Å². The van der Waals surface area contributed by atoms with Gasteiger partial charge in [-0.15, -0.1) is 0 Å². The second kappa shape index (κ2) is 7.25. The van der Waals surface area contributed by atoms with Crippen LogP contribution in [0.4, 0.5) is 11.4 Å². The first kappa shape index (κ1) is 17.3. The van der Waals surface area contributed by atoms with Crippen LogP contribution >= 0.6 is 11.6 Å². The third-order valence-electron chi connectivity index (χ3n) is 4.66. The van der Waals surface area contributed by atoms with E-state index in [2.05, 4.69) is 28.4 Å². The molecule has 1 atom stereocenters. The number of carbonyl (C=O) groups excluding carboxylic acids is 1. The largest absolute Gasteiger partial charge is 0.334 e. The highest BCUT2D eigenvalue weighted by Gasteiger charge is 2.28. The van der Waals surface area contributed by atoms with E-state index < -0.39 is 5.24 Å². The molecule has 134 valence electrons. The Balaban J connectivity index is 1.71. The standard InChI is InChI=1S/C22H18ClN3O/c1-26-20(15-7-3-2-4-8-15)18-9-5-6-10-19(18)25-22(26)24-17-13-11-16(12-14-17)21(23)27/h2-14,20H,1H3,(H,24,25). The zero-order valence-corrected chi connectivity index (χ0v) is 15.5. The van der Waals surface area contributed by atoms with Gasteiger partial charge in [-0.2, -0.15) is 0 Å². The van der Waals surface area contributed by atoms with Crippen molar-refractivity contribution >= 4 is 34.2 Å². The quantitative estimate of drug-likeness (QED) is 0.640. The van der Waals surface area contributed by atoms with Gasteiger partial charge < -0.3 is 10.2 Å². The molecular weight excluding hydrogens is 358 g/mol. The molecule has 0 spiro atoms. The summed E-state index contributed by atoms with van der Waals surface area (Å²) in [5.74, 6) is 0.743. The molecule has 0 bridgehead atoms. The van der Waals surface area contributed by atoms with E-state index in [0.29, 0.717) is 5.56 Å². The molecule has 0 aromatic heterocycles. The molecule has 4 rings (SSSR count). The molecule has 1 aliphatic heterocycles. The van der Waals surface area contributed by atoms with Gasteiger partial charge in [0.1, 0.15) is 0 Å². The third-order valence-corrected chi connectivity index (χ3v) is 4.88. The average Bonchev–Trinajstić information content (AvgIpc) is 2.70. The molecule has 0 amide bonds. The number of hydrogen-bond acceptors (Lipinski definition) is 4. The Bertz CT molecular complexity index is 1000. The highest BCUT2D eigenvalue weighted by molar-refractivity contribution is 6.67. The maximum absolute atomic E-state index is 11.2. The minimum Gasteiger partial charge on any atom is -0.334 e. The molecule has 0 radical (unpaired) electrons. The highest BCUT2D eigenvalue weighted by Crippen LogP contribution is 2.38. The second-order valence-electron chi connectivity index (χ2n) is 6.39. The van der Waals surface area contributed by atoms with Crippen LogP contribution in [0.25, 0.3) is 0 Å². The maximum Gasteiger partial charge on any atom is 0.252 e. The Morgan fingerprint density at radius 2 is 1.63 bits per heavy atom. The topological polar surface area (TPSA) is 44.7 Å². The summed E-state index contributed by atoms with van der Waals surface area (Å²) in [6.07, 6.45) is 0. The zero-order valence-electron chi connectivity index (χ0n) is 14.8. The van der Waals surface area contributed by atoms with Crippen molar-refractivity contribution in [3.05, 3.63) is 95.6 Å². The van der Waals surface area contributed by atoms with Crippen molar-refractivity contribution in [2.75, 3.05) is 12.4 Å². The van der Waals surface area contributed by atoms with Gasteiger partial charge in [0, 0.05) is 23.9 Å². The van der Waals surface area contributed by atoms with Gasteiger partial charge in [0.05, 0.1) is 11.7 Å². The van der Waals surface area contributed by atoms with Gasteiger partial charge in [0.25, 0.3) is 5.24 Å². The van der Waals surface area contributed by atoms with E-state index in [4.69, 9.17) is 16.6 Å². The Hall–Kier alpha value is -3.11. The number of aliphatic imine (C=N–C) groups is 1. The van der Waals surface area contributed by atoms with Crippen LogP contribution in [0.3, 0.4) is 0 Å². The maximum atomic E-state index is 11.2. The Labute approximate surface area is 163 Å². The SMILES string of the molecule is CN1C(Nc2ccc(C(=O)Cl)cc2)=Nc2ccccc2C1c1ccccc1. The molecule has 1 heterocycles. The Kier molecular flexibility index (Phi) is 4.65. The van der Waals surface area contributed by atoms with Gasteiger partial charge in [-0.05, 0) is 47.5 Å². The molecule has 3 aromatic rings. The van der Waals surface area contributed by atoms with Crippen LogP contribution in [0.1, 0.15) is 27.5 Å². The van der Waals surface area contributed by atoms with E-state index in [1.54, 1.807) is 12.1 Å². The summed E-state index contributed by atoms with van der Waals surface area (Å²) in [6.45, 7) is 0. The number of anilines is 1. The summed E-state index contributed by atoms with van der Waals surface area (Å²) >= 11 is 5.52. The van der Waals surface area contributed by atoms with Crippen LogP contribution in [0.5, 0.6) is 0 Å². The third kappa shape index (κ3) is 3.44. The zero-order chi connectivity index (χ0) is 18.8. The Morgan fingerprint density at radius 1 is 0.963 bits per heavy atom. The molecule has 4 nitrogen and oxygen atoms in total. The first-order valence-electron chi connectivity index (χ1n) is 8.66. The summed E-state index contributed by atoms with van der Waals surface area (Å²) in [6, 6.07) is 25.6. The fourth-order valence-electron chi connectivity index (χ4n) is 3.31. The Morgan fingerprint density at radius 3 is 2.33 bits per heavy atom. The van der Waals surface area contributed by atoms with Crippen LogP contribution in [0, 0.1) is 0 Å². The van der Waals surface area contributed by atoms with Crippen molar-refractivity contribution in [3.8, 4) is 0 Å². The molecule has 1 aliphatic rings. The van der Waals surface area contributed by atoms with Crippen LogP contribution in [-0.2, 0) is 0 Å². The minimum atomic E-state index is -0.466. The first-order chi connectivity index (χ1) is 13.1. The minimum absolute atomic E-state index is 0.0612. The molecule has 1 N–H and O–H groups in total. The summed E-state index contributed by atoms with van der Waals surface area (Å²) in [4.78, 5) is 18.2. The van der Waals surface area contributed by atoms with Gasteiger partial charge in [-0.3, -0.25) is 4.79 Å². The molecule has 0 aliphatic carbocycles. The molecule has 27 heavy (non-hydrogen) atoms. The number of nitrogens with one attached hydrogen (secondary N) is 1. The number of benzene rings is 3. The van der Waals surface area contributed by atoms with E-state index in [1.807, 2.05) is 55.6 Å². The predicted octanol–water partition coefficient (Wildman–Crippen LogP) is 5.20. The lowest BCUT2D eigenvalue weighted by atomic mass is 9.95. The van der Waals surface area contributed by atoms with Crippen LogP contribution in [0.15, 0.2) is 83.9 Å². The summed E-state index contributed by atoms with van der Waals surface area (Å²) in [7, 11) is 2.02. The number of rotatable bonds is 3. The number of guanidine groups is 1. The van der Waals surface area contributed by atoms with E-state index >= 15 is 0 Å². The lowest BCUT2D eigenvalue weighted by Crippen LogP contribution is -2.38. The molecule has 3 aromatic carbocycles. The van der Waals surface area contributed by atoms with Crippen molar-refractivity contribution in [1.82, 2.24) is 4.90 Å². The van der Waals surface area contributed by atoms with E-state index in [-0.39, 0.29) is 6.04 Å². The van der Waals surface area contributed by atoms with Crippen LogP contribution in [-0.4, -0.2) is 23.1 Å². The lowest BCUT2D eigenvalue weighted by molar-refractivity contribution is 0.108. The molecule has 0 fully saturated rings. The number of fused-ring (bicyclic) bond motifs is 1. The predicted molar refractivity (Wildman–Crippen MR) is 110 cm³/mol. The van der Waals surface area contributed by atoms with Gasteiger partial charge in [-0.1, -0.05) is 48.5 Å². The molecule has 5 heteroatoms. The number of carbonyl (C=O) groups is 1. The molecule has 0 saturated heterocycles. The lowest BCUT2D eigenvalue weighted by Gasteiger charge is -2.36. The fourth-order valence-corrected chi connectivity index (χ4v) is 3.44. The summed E-state index contributed by atoms with van der Waals surface area (Å²) < 4.78 is 0. The van der Waals surface area contributed by atoms with Crippen molar-refractivity contribution in [2.24, 2.45) is 4.99 Å². The van der Waals surface area contributed by atoms with Gasteiger partial charge in [0.15, 0.2) is 0 Å². The summed E-state index contributed by atoms with van der Waals surface area (Å²) in [5, 5.41) is 2.89. The molecule has 1 unspecified atom stereocenters. The average molecular weight is 376 g/mol. The van der Waals surface area contributed by atoms with Crippen molar-refractivity contribution in [3.63, 3.8) is 0 Å². The molecular formula is C22H18ClN3O. The van der Waals surface area contributed by atoms with Crippen molar-refractivity contribution < 1.29 is 4.79 Å². The fraction of sp³-hybridized carbons (Fsp3) is 0.0909. The van der Waals surface area contributed by atoms with E-state index in [9.17, 15) is 4.79 Å². The van der Waals surface area contributed by atoms with Gasteiger partial charge >= 0.3 is 0 Å². The second-order valence-corrected chi connectivity index (χ2v) is 6.74. The number of hydrogen-bond donors (Lipinski definition) is 1. The number of nitrogens with zero attached hydrogens (tertiary/aromatic N) is 2. The van der Waals surface area contributed by atoms with Crippen LogP contribution in [0.2, 0.25) is 0 Å². The monoisotopic (exact) mass is 375 g/mol. The smallest absolute Gasteiger partial charge is 0.252 e. The normalized spacial score (nSPS) is 15.7. The molecule has 0 saturated carbocycles. The van der Waals surface area contributed by atoms with Gasteiger partial charge in [-0.25, -0.2) is 4.99 Å². The van der Waals surface area contributed by atoms with Gasteiger partial charge in [0.2, 0.25) is 5.96 Å².